The van der Waals surface area contributed by atoms with Crippen LogP contribution < -0.4 is 5.09 Å². The molecule has 2 unspecified atom stereocenters. The Morgan fingerprint density at radius 3 is 2.25 bits per heavy atom. The van der Waals surface area contributed by atoms with Crippen molar-refractivity contribution < 1.29 is 0 Å². The van der Waals surface area contributed by atoms with Crippen molar-refractivity contribution in [2.24, 2.45) is 0 Å². The van der Waals surface area contributed by atoms with Crippen LogP contribution in [-0.2, 0) is 0 Å². The lowest BCUT2D eigenvalue weighted by Crippen LogP contribution is -1.78. The average molecular weight is 95.0 g/mol. The summed E-state index contributed by atoms with van der Waals surface area (Å²) in [6.45, 7) is 0. The van der Waals surface area contributed by atoms with Crippen LogP contribution in [0.5, 0.6) is 0 Å². The van der Waals surface area contributed by atoms with E-state index < -0.39 is 0 Å². The molecule has 0 amide bonds. The van der Waals surface area contributed by atoms with Gasteiger partial charge in [0.05, 0.1) is 0 Å². The number of hydrogen-bond donors (Lipinski definition) is 1. The topological polar surface area (TPSA) is 12.0 Å². The van der Waals surface area contributed by atoms with Crippen LogP contribution in [0.4, 0.5) is 0 Å². The van der Waals surface area contributed by atoms with Crippen molar-refractivity contribution in [1.29, 1.82) is 0 Å². The summed E-state index contributed by atoms with van der Waals surface area (Å²) in [7, 11) is 5.30. The third-order valence-electron chi connectivity index (χ3n) is 0.144. The quantitative estimate of drug-likeness (QED) is 0.470. The fourth-order valence-corrected chi connectivity index (χ4v) is 0. The van der Waals surface area contributed by atoms with Gasteiger partial charge in [0.15, 0.2) is 0 Å². The highest BCUT2D eigenvalue weighted by Crippen LogP contribution is 2.10. The number of nitrogens with one attached hydrogen (secondary N) is 1. The van der Waals surface area contributed by atoms with E-state index in [0.29, 0.717) is 0 Å². The Hall–Kier alpha value is 0.820. The van der Waals surface area contributed by atoms with Gasteiger partial charge >= 0.3 is 0 Å². The molecule has 0 aliphatic heterocycles. The Morgan fingerprint density at radius 2 is 2.25 bits per heavy atom. The Labute approximate surface area is 30.5 Å². The molecule has 0 aromatic rings. The zero-order valence-electron chi connectivity index (χ0n) is 2.58. The van der Waals surface area contributed by atoms with Crippen molar-refractivity contribution in [3.8, 4) is 0 Å². The van der Waals surface area contributed by atoms with Crippen molar-refractivity contribution in [3.63, 3.8) is 0 Å². The van der Waals surface area contributed by atoms with Gasteiger partial charge in [-0.2, -0.15) is 0 Å². The lowest BCUT2D eigenvalue weighted by atomic mass is 11.6. The van der Waals surface area contributed by atoms with Crippen LogP contribution in [0.25, 0.3) is 0 Å². The monoisotopic (exact) mass is 95.0 g/mol. The fourth-order valence-electron chi connectivity index (χ4n) is 0. The fraction of sp³-hybridized carbons (Fsp3) is 1.00. The van der Waals surface area contributed by atoms with Gasteiger partial charge in [-0.15, -0.1) is 0 Å². The largest absolute Gasteiger partial charge is 0.298 e. The van der Waals surface area contributed by atoms with E-state index in [1.165, 1.54) is 0 Å². The van der Waals surface area contributed by atoms with E-state index in [-0.39, 0.29) is 0 Å². The molecule has 0 aliphatic rings. The first-order chi connectivity index (χ1) is 1.91. The van der Waals surface area contributed by atoms with Crippen molar-refractivity contribution in [3.05, 3.63) is 0 Å². The molecule has 0 aliphatic carbocycles. The summed E-state index contributed by atoms with van der Waals surface area (Å²) in [6, 6.07) is 0. The highest BCUT2D eigenvalue weighted by Gasteiger charge is 1.49. The van der Waals surface area contributed by atoms with Crippen LogP contribution in [0, 0.1) is 0 Å². The first kappa shape index (κ1) is 4.82. The molecule has 26 valence electrons. The van der Waals surface area contributed by atoms with Gasteiger partial charge in [0.2, 0.25) is 0 Å². The molecule has 0 aromatic carbocycles. The molecule has 1 nitrogen and oxygen atoms in total. The van der Waals surface area contributed by atoms with Gasteiger partial charge in [0.25, 0.3) is 0 Å². The van der Waals surface area contributed by atoms with E-state index in [2.05, 4.69) is 14.0 Å². The van der Waals surface area contributed by atoms with E-state index in [1.807, 2.05) is 7.05 Å². The molecule has 0 radical (unpaired) electrons. The van der Waals surface area contributed by atoms with E-state index in [1.54, 1.807) is 0 Å². The van der Waals surface area contributed by atoms with Crippen LogP contribution in [0.3, 0.4) is 0 Å². The molecule has 0 saturated heterocycles. The van der Waals surface area contributed by atoms with Crippen LogP contribution >= 0.6 is 17.3 Å². The van der Waals surface area contributed by atoms with Crippen molar-refractivity contribution in [1.82, 2.24) is 5.09 Å². The second-order valence-corrected chi connectivity index (χ2v) is 2.05. The van der Waals surface area contributed by atoms with E-state index in [0.717, 1.165) is 8.42 Å². The standard InChI is InChI=1S/CH7NP2/c1-2-4-3/h2,4H,3H2,1H3. The predicted octanol–water partition coefficient (Wildman–Crippen LogP) is 0.589. The average Bonchev–Trinajstić information content (AvgIpc) is 1.37. The molecule has 0 spiro atoms. The molecule has 0 saturated carbocycles. The molecule has 0 rings (SSSR count). The van der Waals surface area contributed by atoms with Gasteiger partial charge in [-0.1, -0.05) is 8.93 Å². The lowest BCUT2D eigenvalue weighted by molar-refractivity contribution is 1.30. The van der Waals surface area contributed by atoms with Crippen molar-refractivity contribution in [2.45, 2.75) is 0 Å². The molecule has 2 atom stereocenters. The highest BCUT2D eigenvalue weighted by molar-refractivity contribution is 8.01. The third kappa shape index (κ3) is 2.82. The smallest absolute Gasteiger partial charge is 0.0125 e. The van der Waals surface area contributed by atoms with E-state index >= 15 is 0 Å². The maximum atomic E-state index is 2.92. The molecule has 1 N–H and O–H groups in total. The van der Waals surface area contributed by atoms with Gasteiger partial charge in [-0.05, 0) is 15.5 Å². The number of rotatable bonds is 1. The van der Waals surface area contributed by atoms with Crippen LogP contribution in [0.15, 0.2) is 0 Å². The predicted molar refractivity (Wildman–Crippen MR) is 27.1 cm³/mol. The van der Waals surface area contributed by atoms with Gasteiger partial charge in [-0.3, -0.25) is 5.09 Å². The number of hydrogen-bond acceptors (Lipinski definition) is 1. The summed E-state index contributed by atoms with van der Waals surface area (Å²) in [5.41, 5.74) is 0. The Bertz CT molecular complexity index is 8.00. The highest BCUT2D eigenvalue weighted by atomic mass is 32.0. The molecule has 0 heterocycles. The van der Waals surface area contributed by atoms with Crippen molar-refractivity contribution in [2.75, 3.05) is 7.05 Å². The zero-order valence-corrected chi connectivity index (χ0v) is 4.73. The Morgan fingerprint density at radius 1 is 2.00 bits per heavy atom. The van der Waals surface area contributed by atoms with E-state index in [9.17, 15) is 0 Å². The lowest BCUT2D eigenvalue weighted by Gasteiger charge is -1.76. The summed E-state index contributed by atoms with van der Waals surface area (Å²) in [6.07, 6.45) is 0. The van der Waals surface area contributed by atoms with Crippen LogP contribution in [0.2, 0.25) is 0 Å². The van der Waals surface area contributed by atoms with Crippen LogP contribution in [-0.4, -0.2) is 7.05 Å². The first-order valence-corrected chi connectivity index (χ1v) is 3.85. The Balaban J connectivity index is 1.97. The maximum Gasteiger partial charge on any atom is -0.0125 e. The summed E-state index contributed by atoms with van der Waals surface area (Å²) >= 11 is 0. The summed E-state index contributed by atoms with van der Waals surface area (Å²) in [5, 5.41) is 2.92. The van der Waals surface area contributed by atoms with Gasteiger partial charge in [-0.25, -0.2) is 0 Å². The molecule has 3 heteroatoms. The van der Waals surface area contributed by atoms with Crippen LogP contribution in [0.1, 0.15) is 0 Å². The van der Waals surface area contributed by atoms with Gasteiger partial charge in [0.1, 0.15) is 0 Å². The minimum Gasteiger partial charge on any atom is -0.298 e. The minimum atomic E-state index is 0.807. The molecule has 0 fully saturated rings. The first-order valence-electron chi connectivity index (χ1n) is 1.04. The van der Waals surface area contributed by atoms with Gasteiger partial charge in [0, 0.05) is 0 Å². The molecule has 0 bridgehead atoms. The maximum absolute atomic E-state index is 2.92. The second kappa shape index (κ2) is 3.82. The minimum absolute atomic E-state index is 0.807. The Kier molecular flexibility index (Phi) is 4.60. The summed E-state index contributed by atoms with van der Waals surface area (Å²) in [4.78, 5) is 0. The molecule has 0 aromatic heterocycles. The molecule has 4 heavy (non-hydrogen) atoms. The second-order valence-electron chi connectivity index (χ2n) is 0.394. The molecular formula is CH7NP2. The van der Waals surface area contributed by atoms with Crippen molar-refractivity contribution >= 4 is 17.3 Å². The zero-order chi connectivity index (χ0) is 3.41. The SMILES string of the molecule is CNPP. The van der Waals surface area contributed by atoms with E-state index in [4.69, 9.17) is 0 Å². The summed E-state index contributed by atoms with van der Waals surface area (Å²) in [5.74, 6) is 0. The third-order valence-corrected chi connectivity index (χ3v) is 1.30. The molecular weight excluding hydrogens is 88.0 g/mol. The normalized spacial score (nSPS) is 10.5. The van der Waals surface area contributed by atoms with Gasteiger partial charge < -0.3 is 0 Å². The summed E-state index contributed by atoms with van der Waals surface area (Å²) < 4.78 is 0.